The minimum atomic E-state index is -0.794. The van der Waals surface area contributed by atoms with Gasteiger partial charge in [0.05, 0.1) is 11.8 Å². The van der Waals surface area contributed by atoms with Gasteiger partial charge in [-0.1, -0.05) is 0 Å². The zero-order valence-corrected chi connectivity index (χ0v) is 7.53. The lowest BCUT2D eigenvalue weighted by Crippen LogP contribution is -2.47. The summed E-state index contributed by atoms with van der Waals surface area (Å²) in [5, 5.41) is 9.40. The first-order chi connectivity index (χ1) is 6.16. The maximum Gasteiger partial charge on any atom is 0.294 e. The minimum absolute atomic E-state index is 0.0573. The molecule has 0 bridgehead atoms. The third kappa shape index (κ3) is 1.55. The summed E-state index contributed by atoms with van der Waals surface area (Å²) >= 11 is 1.58. The van der Waals surface area contributed by atoms with Crippen molar-refractivity contribution in [3.05, 3.63) is 10.1 Å². The molecule has 2 heterocycles. The molecule has 7 heteroatoms. The lowest BCUT2D eigenvalue weighted by Gasteiger charge is -2.32. The summed E-state index contributed by atoms with van der Waals surface area (Å²) in [5.41, 5.74) is 0. The number of carbonyl (C=O) groups excluding carboxylic acids is 1. The number of β-lactam (4-membered cyclic amide) rings is 1. The molecule has 72 valence electrons. The van der Waals surface area contributed by atoms with Gasteiger partial charge in [-0.25, -0.2) is 0 Å². The molecule has 0 aromatic rings. The van der Waals surface area contributed by atoms with E-state index in [0.29, 0.717) is 13.0 Å². The third-order valence-corrected chi connectivity index (χ3v) is 3.54. The highest BCUT2D eigenvalue weighted by atomic mass is 32.2. The smallest absolute Gasteiger partial charge is 0.294 e. The molecule has 2 atom stereocenters. The minimum Gasteiger partial charge on any atom is -0.329 e. The van der Waals surface area contributed by atoms with Gasteiger partial charge in [-0.15, -0.1) is 21.9 Å². The highest BCUT2D eigenvalue weighted by Gasteiger charge is 2.44. The summed E-state index contributed by atoms with van der Waals surface area (Å²) in [6, 6.07) is 0. The normalized spacial score (nSPS) is 31.1. The largest absolute Gasteiger partial charge is 0.329 e. The Morgan fingerprint density at radius 3 is 3.08 bits per heavy atom. The van der Waals surface area contributed by atoms with Crippen LogP contribution in [0.4, 0.5) is 0 Å². The Morgan fingerprint density at radius 2 is 2.54 bits per heavy atom. The molecule has 6 nitrogen and oxygen atoms in total. The van der Waals surface area contributed by atoms with Crippen molar-refractivity contribution < 1.29 is 14.7 Å². The molecule has 2 saturated heterocycles. The summed E-state index contributed by atoms with van der Waals surface area (Å²) in [6.07, 6.45) is 0.569. The Balaban J connectivity index is 1.78. The molecule has 2 fully saturated rings. The second-order valence-corrected chi connectivity index (χ2v) is 4.47. The summed E-state index contributed by atoms with van der Waals surface area (Å²) in [4.78, 5) is 26.8. The van der Waals surface area contributed by atoms with E-state index in [0.717, 1.165) is 0 Å². The predicted octanol–water partition coefficient (Wildman–Crippen LogP) is -0.131. The van der Waals surface area contributed by atoms with E-state index in [1.165, 1.54) is 0 Å². The van der Waals surface area contributed by atoms with Gasteiger partial charge in [-0.05, 0) is 0 Å². The van der Waals surface area contributed by atoms with Gasteiger partial charge in [0.1, 0.15) is 6.61 Å². The van der Waals surface area contributed by atoms with E-state index in [-0.39, 0.29) is 23.1 Å². The molecule has 2 aliphatic rings. The van der Waals surface area contributed by atoms with Gasteiger partial charge in [0.2, 0.25) is 5.91 Å². The number of carbonyl (C=O) groups is 1. The SMILES string of the molecule is O=C1C[C@H]2S[C@H](CO[N+](=O)[O-])CN12. The van der Waals surface area contributed by atoms with Crippen molar-refractivity contribution in [2.45, 2.75) is 17.0 Å². The summed E-state index contributed by atoms with van der Waals surface area (Å²) in [6.45, 7) is 0.667. The van der Waals surface area contributed by atoms with Crippen molar-refractivity contribution in [1.29, 1.82) is 0 Å². The standard InChI is InChI=1S/C6H8N2O4S/c9-5-1-6-7(5)2-4(13-6)3-12-8(10)11/h4,6H,1-3H2/t4-,6+/m0/s1. The van der Waals surface area contributed by atoms with Crippen LogP contribution in [0.1, 0.15) is 6.42 Å². The van der Waals surface area contributed by atoms with E-state index < -0.39 is 5.09 Å². The van der Waals surface area contributed by atoms with Crippen molar-refractivity contribution >= 4 is 17.7 Å². The van der Waals surface area contributed by atoms with Crippen molar-refractivity contribution in [3.63, 3.8) is 0 Å². The zero-order valence-electron chi connectivity index (χ0n) is 6.71. The van der Waals surface area contributed by atoms with Crippen LogP contribution in [0, 0.1) is 10.1 Å². The summed E-state index contributed by atoms with van der Waals surface area (Å²) in [7, 11) is 0. The fraction of sp³-hybridized carbons (Fsp3) is 0.833. The van der Waals surface area contributed by atoms with Crippen LogP contribution in [0.2, 0.25) is 0 Å². The number of rotatable bonds is 3. The fourth-order valence-corrected chi connectivity index (χ4v) is 2.91. The Kier molecular flexibility index (Phi) is 2.03. The number of fused-ring (bicyclic) bond motifs is 1. The van der Waals surface area contributed by atoms with Crippen molar-refractivity contribution in [1.82, 2.24) is 4.90 Å². The molecule has 0 radical (unpaired) electrons. The van der Waals surface area contributed by atoms with Crippen LogP contribution < -0.4 is 0 Å². The molecule has 0 aromatic heterocycles. The molecule has 0 unspecified atom stereocenters. The fourth-order valence-electron chi connectivity index (χ4n) is 1.49. The Bertz CT molecular complexity index is 259. The number of hydrogen-bond acceptors (Lipinski definition) is 5. The lowest BCUT2D eigenvalue weighted by molar-refractivity contribution is -0.757. The maximum atomic E-state index is 10.9. The van der Waals surface area contributed by atoms with E-state index in [1.54, 1.807) is 16.7 Å². The lowest BCUT2D eigenvalue weighted by atomic mass is 10.2. The molecule has 13 heavy (non-hydrogen) atoms. The first-order valence-electron chi connectivity index (χ1n) is 3.89. The highest BCUT2D eigenvalue weighted by Crippen LogP contribution is 2.39. The molecular formula is C6H8N2O4S. The average molecular weight is 204 g/mol. The first kappa shape index (κ1) is 8.61. The van der Waals surface area contributed by atoms with E-state index in [9.17, 15) is 14.9 Å². The van der Waals surface area contributed by atoms with Crippen molar-refractivity contribution in [2.75, 3.05) is 13.2 Å². The van der Waals surface area contributed by atoms with Crippen LogP contribution in [-0.4, -0.2) is 39.7 Å². The molecular weight excluding hydrogens is 196 g/mol. The van der Waals surface area contributed by atoms with Gasteiger partial charge >= 0.3 is 0 Å². The van der Waals surface area contributed by atoms with E-state index in [4.69, 9.17) is 0 Å². The maximum absolute atomic E-state index is 10.9. The molecule has 1 amide bonds. The monoisotopic (exact) mass is 204 g/mol. The Morgan fingerprint density at radius 1 is 1.77 bits per heavy atom. The van der Waals surface area contributed by atoms with Gasteiger partial charge < -0.3 is 9.74 Å². The Labute approximate surface area is 78.3 Å². The second kappa shape index (κ2) is 3.06. The van der Waals surface area contributed by atoms with Gasteiger partial charge in [0.15, 0.2) is 0 Å². The van der Waals surface area contributed by atoms with Crippen LogP contribution in [0.25, 0.3) is 0 Å². The molecule has 2 aliphatic heterocycles. The van der Waals surface area contributed by atoms with Crippen LogP contribution >= 0.6 is 11.8 Å². The van der Waals surface area contributed by atoms with Gasteiger partial charge in [-0.2, -0.15) is 0 Å². The second-order valence-electron chi connectivity index (χ2n) is 2.98. The van der Waals surface area contributed by atoms with E-state index >= 15 is 0 Å². The van der Waals surface area contributed by atoms with Gasteiger partial charge in [0, 0.05) is 11.8 Å². The van der Waals surface area contributed by atoms with Gasteiger partial charge in [-0.3, -0.25) is 4.79 Å². The molecule has 0 aromatic carbocycles. The molecule has 0 spiro atoms. The summed E-state index contributed by atoms with van der Waals surface area (Å²) < 4.78 is 0. The van der Waals surface area contributed by atoms with Crippen molar-refractivity contribution in [2.24, 2.45) is 0 Å². The van der Waals surface area contributed by atoms with Gasteiger partial charge in [0.25, 0.3) is 5.09 Å². The number of thioether (sulfide) groups is 1. The third-order valence-electron chi connectivity index (χ3n) is 2.13. The van der Waals surface area contributed by atoms with Crippen LogP contribution in [-0.2, 0) is 9.63 Å². The number of hydrogen-bond donors (Lipinski definition) is 0. The van der Waals surface area contributed by atoms with Crippen molar-refractivity contribution in [3.8, 4) is 0 Å². The molecule has 0 saturated carbocycles. The van der Waals surface area contributed by atoms with E-state index in [1.807, 2.05) is 0 Å². The molecule has 0 aliphatic carbocycles. The Hall–Kier alpha value is -0.980. The van der Waals surface area contributed by atoms with Crippen LogP contribution in [0.5, 0.6) is 0 Å². The van der Waals surface area contributed by atoms with Crippen LogP contribution in [0.3, 0.4) is 0 Å². The average Bonchev–Trinajstić information content (AvgIpc) is 2.39. The van der Waals surface area contributed by atoms with Crippen LogP contribution in [0.15, 0.2) is 0 Å². The first-order valence-corrected chi connectivity index (χ1v) is 4.83. The number of nitrogens with zero attached hydrogens (tertiary/aromatic N) is 2. The number of amides is 1. The van der Waals surface area contributed by atoms with E-state index in [2.05, 4.69) is 4.84 Å². The zero-order chi connectivity index (χ0) is 9.42. The summed E-state index contributed by atoms with van der Waals surface area (Å²) in [5.74, 6) is 0.140. The quantitative estimate of drug-likeness (QED) is 0.363. The highest BCUT2D eigenvalue weighted by molar-refractivity contribution is 8.00. The predicted molar refractivity (Wildman–Crippen MR) is 44.4 cm³/mol. The molecule has 2 rings (SSSR count). The molecule has 0 N–H and O–H groups in total. The topological polar surface area (TPSA) is 72.7 Å².